The number of hydrogen-bond donors (Lipinski definition) is 2. The van der Waals surface area contributed by atoms with Crippen LogP contribution in [0.25, 0.3) is 0 Å². The molecule has 116 valence electrons. The van der Waals surface area contributed by atoms with Gasteiger partial charge in [0.1, 0.15) is 12.4 Å². The highest BCUT2D eigenvalue weighted by Crippen LogP contribution is 2.12. The molecule has 5 nitrogen and oxygen atoms in total. The van der Waals surface area contributed by atoms with Crippen molar-refractivity contribution in [2.45, 2.75) is 25.4 Å². The molecule has 0 spiro atoms. The van der Waals surface area contributed by atoms with Crippen molar-refractivity contribution >= 4 is 5.91 Å². The van der Waals surface area contributed by atoms with Crippen molar-refractivity contribution in [1.82, 2.24) is 15.5 Å². The van der Waals surface area contributed by atoms with Crippen LogP contribution in [0.3, 0.4) is 0 Å². The van der Waals surface area contributed by atoms with E-state index in [0.717, 1.165) is 37.2 Å². The molecule has 1 aromatic carbocycles. The van der Waals surface area contributed by atoms with Crippen LogP contribution in [0.15, 0.2) is 24.3 Å². The molecule has 1 atom stereocenters. The first kappa shape index (κ1) is 15.8. The molecule has 1 unspecified atom stereocenters. The Bertz CT molecular complexity index is 439. The van der Waals surface area contributed by atoms with Crippen LogP contribution < -0.4 is 15.4 Å². The van der Waals surface area contributed by atoms with Crippen LogP contribution >= 0.6 is 0 Å². The summed E-state index contributed by atoms with van der Waals surface area (Å²) in [6.07, 6.45) is 2.02. The summed E-state index contributed by atoms with van der Waals surface area (Å²) in [6, 6.07) is 7.87. The van der Waals surface area contributed by atoms with Crippen molar-refractivity contribution in [2.75, 3.05) is 33.8 Å². The summed E-state index contributed by atoms with van der Waals surface area (Å²) >= 11 is 0. The second kappa shape index (κ2) is 8.00. The maximum absolute atomic E-state index is 11.9. The zero-order valence-electron chi connectivity index (χ0n) is 12.9. The summed E-state index contributed by atoms with van der Waals surface area (Å²) in [5.41, 5.74) is 1.08. The van der Waals surface area contributed by atoms with Crippen LogP contribution in [0.1, 0.15) is 18.4 Å². The molecule has 1 saturated heterocycles. The Kier molecular flexibility index (Phi) is 6.02. The van der Waals surface area contributed by atoms with Crippen molar-refractivity contribution in [3.05, 3.63) is 29.8 Å². The van der Waals surface area contributed by atoms with Crippen molar-refractivity contribution in [3.63, 3.8) is 0 Å². The Morgan fingerprint density at radius 2 is 2.14 bits per heavy atom. The number of carbonyl (C=O) groups excluding carboxylic acids is 1. The predicted molar refractivity (Wildman–Crippen MR) is 83.4 cm³/mol. The SMILES string of the molecule is CN(C)CCOc1ccc(CNC(=O)C2CCCN2)cc1. The van der Waals surface area contributed by atoms with E-state index in [1.807, 2.05) is 38.4 Å². The summed E-state index contributed by atoms with van der Waals surface area (Å²) < 4.78 is 5.64. The lowest BCUT2D eigenvalue weighted by Gasteiger charge is -2.12. The molecule has 21 heavy (non-hydrogen) atoms. The molecule has 1 fully saturated rings. The summed E-state index contributed by atoms with van der Waals surface area (Å²) in [6.45, 7) is 3.08. The number of benzene rings is 1. The third kappa shape index (κ3) is 5.36. The molecular formula is C16H25N3O2. The van der Waals surface area contributed by atoms with Gasteiger partial charge in [-0.25, -0.2) is 0 Å². The van der Waals surface area contributed by atoms with E-state index < -0.39 is 0 Å². The van der Waals surface area contributed by atoms with E-state index in [1.54, 1.807) is 0 Å². The zero-order chi connectivity index (χ0) is 15.1. The van der Waals surface area contributed by atoms with Crippen molar-refractivity contribution in [3.8, 4) is 5.75 Å². The molecule has 1 aliphatic heterocycles. The smallest absolute Gasteiger partial charge is 0.237 e. The average Bonchev–Trinajstić information content (AvgIpc) is 3.00. The van der Waals surface area contributed by atoms with Gasteiger partial charge in [0, 0.05) is 13.1 Å². The summed E-state index contributed by atoms with van der Waals surface area (Å²) in [5.74, 6) is 0.961. The third-order valence-corrected chi connectivity index (χ3v) is 3.57. The van der Waals surface area contributed by atoms with E-state index in [2.05, 4.69) is 15.5 Å². The first-order chi connectivity index (χ1) is 10.1. The molecule has 0 radical (unpaired) electrons. The highest BCUT2D eigenvalue weighted by molar-refractivity contribution is 5.81. The lowest BCUT2D eigenvalue weighted by atomic mass is 10.2. The third-order valence-electron chi connectivity index (χ3n) is 3.57. The zero-order valence-corrected chi connectivity index (χ0v) is 12.9. The van der Waals surface area contributed by atoms with Gasteiger partial charge in [-0.15, -0.1) is 0 Å². The topological polar surface area (TPSA) is 53.6 Å². The van der Waals surface area contributed by atoms with Gasteiger partial charge in [0.2, 0.25) is 5.91 Å². The summed E-state index contributed by atoms with van der Waals surface area (Å²) in [5, 5.41) is 6.17. The summed E-state index contributed by atoms with van der Waals surface area (Å²) in [4.78, 5) is 14.0. The van der Waals surface area contributed by atoms with Crippen LogP contribution in [-0.4, -0.2) is 50.6 Å². The van der Waals surface area contributed by atoms with E-state index in [4.69, 9.17) is 4.74 Å². The van der Waals surface area contributed by atoms with E-state index in [9.17, 15) is 4.79 Å². The first-order valence-electron chi connectivity index (χ1n) is 7.53. The van der Waals surface area contributed by atoms with Crippen LogP contribution in [-0.2, 0) is 11.3 Å². The fraction of sp³-hybridized carbons (Fsp3) is 0.562. The Morgan fingerprint density at radius 3 is 2.76 bits per heavy atom. The number of rotatable bonds is 7. The molecule has 1 amide bonds. The molecule has 1 heterocycles. The highest BCUT2D eigenvalue weighted by Gasteiger charge is 2.21. The number of nitrogens with one attached hydrogen (secondary N) is 2. The minimum atomic E-state index is -0.0151. The van der Waals surface area contributed by atoms with E-state index in [1.165, 1.54) is 0 Å². The molecule has 2 N–H and O–H groups in total. The Labute approximate surface area is 126 Å². The average molecular weight is 291 g/mol. The lowest BCUT2D eigenvalue weighted by molar-refractivity contribution is -0.122. The van der Waals surface area contributed by atoms with E-state index >= 15 is 0 Å². The highest BCUT2D eigenvalue weighted by atomic mass is 16.5. The minimum absolute atomic E-state index is 0.0151. The van der Waals surface area contributed by atoms with Crippen molar-refractivity contribution < 1.29 is 9.53 Å². The van der Waals surface area contributed by atoms with Crippen LogP contribution in [0, 0.1) is 0 Å². The largest absolute Gasteiger partial charge is 0.492 e. The quantitative estimate of drug-likeness (QED) is 0.787. The number of ether oxygens (including phenoxy) is 1. The number of likely N-dealkylation sites (N-methyl/N-ethyl adjacent to an activating group) is 1. The van der Waals surface area contributed by atoms with Crippen LogP contribution in [0.4, 0.5) is 0 Å². The Morgan fingerprint density at radius 1 is 1.38 bits per heavy atom. The van der Waals surface area contributed by atoms with Gasteiger partial charge in [-0.05, 0) is 51.2 Å². The van der Waals surface area contributed by atoms with Gasteiger partial charge in [0.25, 0.3) is 0 Å². The van der Waals surface area contributed by atoms with Gasteiger partial charge in [-0.3, -0.25) is 4.79 Å². The molecule has 1 aromatic rings. The van der Waals surface area contributed by atoms with Gasteiger partial charge < -0.3 is 20.3 Å². The van der Waals surface area contributed by atoms with Crippen LogP contribution in [0.5, 0.6) is 5.75 Å². The summed E-state index contributed by atoms with van der Waals surface area (Å²) in [7, 11) is 4.04. The van der Waals surface area contributed by atoms with Crippen molar-refractivity contribution in [1.29, 1.82) is 0 Å². The van der Waals surface area contributed by atoms with Gasteiger partial charge in [0.15, 0.2) is 0 Å². The Balaban J connectivity index is 1.72. The molecule has 0 aliphatic carbocycles. The van der Waals surface area contributed by atoms with Gasteiger partial charge in [-0.1, -0.05) is 12.1 Å². The number of amides is 1. The van der Waals surface area contributed by atoms with Gasteiger partial charge in [-0.2, -0.15) is 0 Å². The molecule has 1 aliphatic rings. The second-order valence-corrected chi connectivity index (χ2v) is 5.66. The molecule has 2 rings (SSSR count). The fourth-order valence-corrected chi connectivity index (χ4v) is 2.27. The van der Waals surface area contributed by atoms with Gasteiger partial charge >= 0.3 is 0 Å². The maximum Gasteiger partial charge on any atom is 0.237 e. The molecule has 0 saturated carbocycles. The first-order valence-corrected chi connectivity index (χ1v) is 7.53. The van der Waals surface area contributed by atoms with E-state index in [-0.39, 0.29) is 11.9 Å². The maximum atomic E-state index is 11.9. The van der Waals surface area contributed by atoms with Crippen molar-refractivity contribution in [2.24, 2.45) is 0 Å². The molecule has 0 bridgehead atoms. The minimum Gasteiger partial charge on any atom is -0.492 e. The Hall–Kier alpha value is -1.59. The standard InChI is InChI=1S/C16H25N3O2/c1-19(2)10-11-21-14-7-5-13(6-8-14)12-18-16(20)15-4-3-9-17-15/h5-8,15,17H,3-4,9-12H2,1-2H3,(H,18,20). The van der Waals surface area contributed by atoms with E-state index in [0.29, 0.717) is 13.2 Å². The number of nitrogens with zero attached hydrogens (tertiary/aromatic N) is 1. The normalized spacial score (nSPS) is 18.0. The predicted octanol–water partition coefficient (Wildman–Crippen LogP) is 0.995. The lowest BCUT2D eigenvalue weighted by Crippen LogP contribution is -2.39. The van der Waals surface area contributed by atoms with Crippen LogP contribution in [0.2, 0.25) is 0 Å². The monoisotopic (exact) mass is 291 g/mol. The second-order valence-electron chi connectivity index (χ2n) is 5.66. The molecule has 5 heteroatoms. The molecule has 0 aromatic heterocycles. The number of hydrogen-bond acceptors (Lipinski definition) is 4. The van der Waals surface area contributed by atoms with Gasteiger partial charge in [0.05, 0.1) is 6.04 Å². The number of carbonyl (C=O) groups is 1. The fourth-order valence-electron chi connectivity index (χ4n) is 2.27. The molecular weight excluding hydrogens is 266 g/mol.